The van der Waals surface area contributed by atoms with Crippen molar-refractivity contribution in [1.29, 1.82) is 0 Å². The quantitative estimate of drug-likeness (QED) is 0.856. The van der Waals surface area contributed by atoms with Gasteiger partial charge in [-0.1, -0.05) is 18.6 Å². The molecule has 0 spiro atoms. The monoisotopic (exact) mass is 330 g/mol. The summed E-state index contributed by atoms with van der Waals surface area (Å²) < 4.78 is 5.60. The van der Waals surface area contributed by atoms with Gasteiger partial charge < -0.3 is 9.84 Å². The number of aliphatic hydroxyl groups excluding tert-OH is 1. The zero-order valence-electron chi connectivity index (χ0n) is 15.0. The Bertz CT molecular complexity index is 602. The highest BCUT2D eigenvalue weighted by molar-refractivity contribution is 5.83. The number of methoxy groups -OCH3 is 1. The fourth-order valence-electron chi connectivity index (χ4n) is 6.37. The fourth-order valence-corrected chi connectivity index (χ4v) is 6.37. The molecule has 1 unspecified atom stereocenters. The summed E-state index contributed by atoms with van der Waals surface area (Å²) in [5.74, 6) is 1.38. The highest BCUT2D eigenvalue weighted by Gasteiger charge is 2.54. The number of fused-ring (bicyclic) bond motifs is 4. The van der Waals surface area contributed by atoms with Crippen molar-refractivity contribution in [2.24, 2.45) is 23.2 Å². The molecule has 0 aromatic carbocycles. The Morgan fingerprint density at radius 2 is 2.12 bits per heavy atom. The van der Waals surface area contributed by atoms with E-state index >= 15 is 0 Å². The second kappa shape index (κ2) is 6.10. The number of allylic oxidation sites excluding steroid dienone is 3. The summed E-state index contributed by atoms with van der Waals surface area (Å²) in [5, 5.41) is 9.35. The average Bonchev–Trinajstić information content (AvgIpc) is 2.97. The van der Waals surface area contributed by atoms with Gasteiger partial charge in [-0.3, -0.25) is 4.79 Å². The molecule has 0 aromatic rings. The van der Waals surface area contributed by atoms with E-state index in [0.29, 0.717) is 17.9 Å². The molecule has 132 valence electrons. The lowest BCUT2D eigenvalue weighted by Crippen LogP contribution is -2.41. The lowest BCUT2D eigenvalue weighted by molar-refractivity contribution is -0.129. The maximum absolute atomic E-state index is 12.2. The maximum Gasteiger partial charge on any atom is 0.161 e. The highest BCUT2D eigenvalue weighted by Crippen LogP contribution is 2.61. The summed E-state index contributed by atoms with van der Waals surface area (Å²) in [6.45, 7) is 2.02. The minimum absolute atomic E-state index is 0.0601. The Morgan fingerprint density at radius 3 is 2.88 bits per heavy atom. The third kappa shape index (κ3) is 2.35. The first-order valence-corrected chi connectivity index (χ1v) is 9.66. The van der Waals surface area contributed by atoms with E-state index in [9.17, 15) is 9.90 Å². The van der Waals surface area contributed by atoms with E-state index < -0.39 is 0 Å². The first kappa shape index (κ1) is 16.5. The van der Waals surface area contributed by atoms with Crippen molar-refractivity contribution in [2.75, 3.05) is 13.7 Å². The smallest absolute Gasteiger partial charge is 0.161 e. The molecule has 0 radical (unpaired) electrons. The maximum atomic E-state index is 12.2. The second-order valence-electron chi connectivity index (χ2n) is 8.56. The Kier molecular flexibility index (Phi) is 4.20. The molecule has 1 fully saturated rings. The number of hydrogen-bond donors (Lipinski definition) is 1. The summed E-state index contributed by atoms with van der Waals surface area (Å²) >= 11 is 0. The van der Waals surface area contributed by atoms with Gasteiger partial charge in [0.1, 0.15) is 6.61 Å². The number of hydrogen-bond acceptors (Lipinski definition) is 3. The average molecular weight is 330 g/mol. The van der Waals surface area contributed by atoms with E-state index in [1.165, 1.54) is 19.3 Å². The van der Waals surface area contributed by atoms with E-state index in [4.69, 9.17) is 4.74 Å². The van der Waals surface area contributed by atoms with Crippen LogP contribution in [-0.2, 0) is 9.53 Å². The van der Waals surface area contributed by atoms with Gasteiger partial charge in [-0.25, -0.2) is 0 Å². The van der Waals surface area contributed by atoms with Gasteiger partial charge in [-0.05, 0) is 79.8 Å². The number of ketones is 1. The predicted molar refractivity (Wildman–Crippen MR) is 93.5 cm³/mol. The van der Waals surface area contributed by atoms with Crippen LogP contribution in [0.2, 0.25) is 0 Å². The van der Waals surface area contributed by atoms with Crippen molar-refractivity contribution < 1.29 is 14.6 Å². The van der Waals surface area contributed by atoms with Crippen LogP contribution < -0.4 is 0 Å². The van der Waals surface area contributed by atoms with Crippen LogP contribution in [0.4, 0.5) is 0 Å². The summed E-state index contributed by atoms with van der Waals surface area (Å²) in [4.78, 5) is 12.2. The normalized spacial score (nSPS) is 41.4. The van der Waals surface area contributed by atoms with Crippen molar-refractivity contribution in [1.82, 2.24) is 0 Å². The number of ether oxygens (including phenoxy) is 1. The number of carbonyl (C=O) groups excluding carboxylic acids is 1. The second-order valence-corrected chi connectivity index (χ2v) is 8.56. The molecular weight excluding hydrogens is 300 g/mol. The van der Waals surface area contributed by atoms with Crippen LogP contribution in [0.1, 0.15) is 58.3 Å². The molecule has 4 rings (SSSR count). The number of rotatable bonds is 3. The largest absolute Gasteiger partial charge is 0.389 e. The Hall–Kier alpha value is -0.930. The molecule has 3 heteroatoms. The van der Waals surface area contributed by atoms with Gasteiger partial charge in [0.25, 0.3) is 0 Å². The molecule has 0 heterocycles. The molecule has 24 heavy (non-hydrogen) atoms. The third-order valence-electron chi connectivity index (χ3n) is 7.66. The van der Waals surface area contributed by atoms with Crippen LogP contribution >= 0.6 is 0 Å². The van der Waals surface area contributed by atoms with Gasteiger partial charge in [0, 0.05) is 13.0 Å². The first-order valence-electron chi connectivity index (χ1n) is 9.66. The summed E-state index contributed by atoms with van der Waals surface area (Å²) in [6, 6.07) is 0. The highest BCUT2D eigenvalue weighted by atomic mass is 16.5. The summed E-state index contributed by atoms with van der Waals surface area (Å²) in [7, 11) is 1.84. The molecule has 4 aliphatic rings. The minimum Gasteiger partial charge on any atom is -0.389 e. The van der Waals surface area contributed by atoms with E-state index in [0.717, 1.165) is 32.1 Å². The van der Waals surface area contributed by atoms with Crippen molar-refractivity contribution in [3.05, 3.63) is 22.8 Å². The predicted octanol–water partition coefficient (Wildman–Crippen LogP) is 3.82. The molecule has 1 N–H and O–H groups in total. The third-order valence-corrected chi connectivity index (χ3v) is 7.66. The van der Waals surface area contributed by atoms with Crippen LogP contribution in [0.25, 0.3) is 0 Å². The standard InChI is InChI=1S/C21H30O3/c1-21-10-9-16-15-6-4-14(24-2)11-13(15)3-5-17(16)18(21)7-8-19(21)20(23)12-22/h9,14,17-19,22H,3-8,10-12H2,1-2H3/t14?,17-,18+,19-,21+/m1/s1. The number of aliphatic hydroxyl groups is 1. The Labute approximate surface area is 145 Å². The topological polar surface area (TPSA) is 46.5 Å². The zero-order chi connectivity index (χ0) is 16.9. The minimum atomic E-state index is -0.290. The van der Waals surface area contributed by atoms with Gasteiger partial charge in [0.2, 0.25) is 0 Å². The Morgan fingerprint density at radius 1 is 1.29 bits per heavy atom. The molecule has 0 amide bonds. The molecule has 0 bridgehead atoms. The van der Waals surface area contributed by atoms with E-state index in [-0.39, 0.29) is 23.7 Å². The van der Waals surface area contributed by atoms with Crippen LogP contribution in [0.3, 0.4) is 0 Å². The van der Waals surface area contributed by atoms with Crippen LogP contribution in [0.15, 0.2) is 22.8 Å². The summed E-state index contributed by atoms with van der Waals surface area (Å²) in [5.41, 5.74) is 4.96. The molecule has 0 aromatic heterocycles. The van der Waals surface area contributed by atoms with Crippen molar-refractivity contribution >= 4 is 5.78 Å². The molecular formula is C21H30O3. The lowest BCUT2D eigenvalue weighted by atomic mass is 9.57. The molecule has 4 aliphatic carbocycles. The molecule has 1 saturated carbocycles. The van der Waals surface area contributed by atoms with Crippen molar-refractivity contribution in [2.45, 2.75) is 64.4 Å². The van der Waals surface area contributed by atoms with E-state index in [1.54, 1.807) is 16.7 Å². The molecule has 5 atom stereocenters. The van der Waals surface area contributed by atoms with Gasteiger partial charge >= 0.3 is 0 Å². The van der Waals surface area contributed by atoms with Crippen LogP contribution in [0.5, 0.6) is 0 Å². The van der Waals surface area contributed by atoms with Gasteiger partial charge in [0.05, 0.1) is 6.10 Å². The van der Waals surface area contributed by atoms with Crippen molar-refractivity contribution in [3.63, 3.8) is 0 Å². The van der Waals surface area contributed by atoms with E-state index in [1.807, 2.05) is 7.11 Å². The number of carbonyl (C=O) groups is 1. The van der Waals surface area contributed by atoms with Crippen LogP contribution in [0, 0.1) is 23.2 Å². The molecule has 0 aliphatic heterocycles. The van der Waals surface area contributed by atoms with Crippen LogP contribution in [-0.4, -0.2) is 30.7 Å². The van der Waals surface area contributed by atoms with Gasteiger partial charge in [-0.2, -0.15) is 0 Å². The van der Waals surface area contributed by atoms with Gasteiger partial charge in [0.15, 0.2) is 5.78 Å². The van der Waals surface area contributed by atoms with Gasteiger partial charge in [-0.15, -0.1) is 0 Å². The fraction of sp³-hybridized carbons (Fsp3) is 0.762. The summed E-state index contributed by atoms with van der Waals surface area (Å²) in [6.07, 6.45) is 11.9. The SMILES string of the molecule is COC1CCC2=C(CC[C@@H]3C2=CC[C@]2(C)[C@@H](C(=O)CO)CC[C@@H]32)C1. The van der Waals surface area contributed by atoms with E-state index in [2.05, 4.69) is 13.0 Å². The van der Waals surface area contributed by atoms with Crippen molar-refractivity contribution in [3.8, 4) is 0 Å². The molecule has 0 saturated heterocycles. The number of Topliss-reactive ketones (excluding diaryl/α,β-unsaturated/α-hetero) is 1. The molecule has 3 nitrogen and oxygen atoms in total. The lowest BCUT2D eigenvalue weighted by Gasteiger charge is -2.48. The first-order chi connectivity index (χ1) is 11.6. The zero-order valence-corrected chi connectivity index (χ0v) is 15.0. The Balaban J connectivity index is 1.64.